The second-order valence-corrected chi connectivity index (χ2v) is 5.46. The SMILES string of the molecule is COCCCN(C)C(CN)c1ccc(C)cc1Br. The Hall–Kier alpha value is -0.420. The summed E-state index contributed by atoms with van der Waals surface area (Å²) in [5.41, 5.74) is 8.43. The van der Waals surface area contributed by atoms with E-state index in [0.717, 1.165) is 24.0 Å². The molecule has 18 heavy (non-hydrogen) atoms. The summed E-state index contributed by atoms with van der Waals surface area (Å²) in [7, 11) is 3.84. The Labute approximate surface area is 118 Å². The summed E-state index contributed by atoms with van der Waals surface area (Å²) >= 11 is 3.63. The quantitative estimate of drug-likeness (QED) is 0.786. The van der Waals surface area contributed by atoms with Crippen LogP contribution in [0, 0.1) is 6.92 Å². The summed E-state index contributed by atoms with van der Waals surface area (Å²) in [5, 5.41) is 0. The number of hydrogen-bond acceptors (Lipinski definition) is 3. The minimum absolute atomic E-state index is 0.247. The molecule has 1 aromatic rings. The maximum atomic E-state index is 5.92. The van der Waals surface area contributed by atoms with E-state index in [-0.39, 0.29) is 6.04 Å². The van der Waals surface area contributed by atoms with Crippen molar-refractivity contribution >= 4 is 15.9 Å². The van der Waals surface area contributed by atoms with Gasteiger partial charge in [-0.3, -0.25) is 4.90 Å². The highest BCUT2D eigenvalue weighted by Crippen LogP contribution is 2.27. The van der Waals surface area contributed by atoms with Gasteiger partial charge < -0.3 is 10.5 Å². The highest BCUT2D eigenvalue weighted by molar-refractivity contribution is 9.10. The predicted octanol–water partition coefficient (Wildman–Crippen LogP) is 2.73. The summed E-state index contributed by atoms with van der Waals surface area (Å²) < 4.78 is 6.22. The molecule has 1 unspecified atom stereocenters. The Bertz CT molecular complexity index is 371. The zero-order valence-corrected chi connectivity index (χ0v) is 13.0. The maximum absolute atomic E-state index is 5.92. The van der Waals surface area contributed by atoms with E-state index in [0.29, 0.717) is 6.54 Å². The molecule has 0 saturated heterocycles. The summed E-state index contributed by atoms with van der Waals surface area (Å²) in [6.07, 6.45) is 1.02. The molecule has 0 bridgehead atoms. The number of aryl methyl sites for hydroxylation is 1. The van der Waals surface area contributed by atoms with E-state index in [2.05, 4.69) is 53.0 Å². The van der Waals surface area contributed by atoms with Gasteiger partial charge in [0, 0.05) is 37.3 Å². The molecule has 0 radical (unpaired) electrons. The van der Waals surface area contributed by atoms with Crippen LogP contribution in [0.15, 0.2) is 22.7 Å². The Balaban J connectivity index is 2.75. The first-order valence-electron chi connectivity index (χ1n) is 6.25. The highest BCUT2D eigenvalue weighted by atomic mass is 79.9. The van der Waals surface area contributed by atoms with Crippen molar-refractivity contribution in [2.75, 3.05) is 33.9 Å². The number of benzene rings is 1. The van der Waals surface area contributed by atoms with E-state index in [4.69, 9.17) is 10.5 Å². The summed E-state index contributed by atoms with van der Waals surface area (Å²) in [4.78, 5) is 2.29. The molecular formula is C14H23BrN2O. The van der Waals surface area contributed by atoms with E-state index in [9.17, 15) is 0 Å². The van der Waals surface area contributed by atoms with Gasteiger partial charge in [0.05, 0.1) is 0 Å². The third-order valence-corrected chi connectivity index (χ3v) is 3.82. The van der Waals surface area contributed by atoms with Crippen LogP contribution in [0.25, 0.3) is 0 Å². The Kier molecular flexibility index (Phi) is 6.86. The summed E-state index contributed by atoms with van der Waals surface area (Å²) in [6, 6.07) is 6.67. The second-order valence-electron chi connectivity index (χ2n) is 4.60. The number of methoxy groups -OCH3 is 1. The predicted molar refractivity (Wildman–Crippen MR) is 79.8 cm³/mol. The molecule has 1 atom stereocenters. The fourth-order valence-electron chi connectivity index (χ4n) is 2.06. The molecule has 4 heteroatoms. The first-order chi connectivity index (χ1) is 8.60. The Morgan fingerprint density at radius 3 is 2.72 bits per heavy atom. The molecule has 0 saturated carbocycles. The lowest BCUT2D eigenvalue weighted by molar-refractivity contribution is 0.166. The summed E-state index contributed by atoms with van der Waals surface area (Å²) in [5.74, 6) is 0. The third kappa shape index (κ3) is 4.35. The minimum atomic E-state index is 0.247. The Morgan fingerprint density at radius 1 is 1.44 bits per heavy atom. The first-order valence-corrected chi connectivity index (χ1v) is 7.04. The minimum Gasteiger partial charge on any atom is -0.385 e. The van der Waals surface area contributed by atoms with Gasteiger partial charge in [-0.05, 0) is 37.6 Å². The van der Waals surface area contributed by atoms with Crippen molar-refractivity contribution in [2.24, 2.45) is 5.73 Å². The first kappa shape index (κ1) is 15.6. The van der Waals surface area contributed by atoms with Gasteiger partial charge in [-0.2, -0.15) is 0 Å². The molecule has 0 amide bonds. The fourth-order valence-corrected chi connectivity index (χ4v) is 2.82. The van der Waals surface area contributed by atoms with E-state index in [1.54, 1.807) is 7.11 Å². The van der Waals surface area contributed by atoms with Crippen LogP contribution in [-0.2, 0) is 4.74 Å². The lowest BCUT2D eigenvalue weighted by atomic mass is 10.0. The summed E-state index contributed by atoms with van der Waals surface area (Å²) in [6.45, 7) is 4.48. The molecule has 3 nitrogen and oxygen atoms in total. The average Bonchev–Trinajstić information content (AvgIpc) is 2.33. The number of halogens is 1. The van der Waals surface area contributed by atoms with Gasteiger partial charge in [0.2, 0.25) is 0 Å². The van der Waals surface area contributed by atoms with Crippen LogP contribution in [0.4, 0.5) is 0 Å². The zero-order valence-electron chi connectivity index (χ0n) is 11.4. The topological polar surface area (TPSA) is 38.5 Å². The monoisotopic (exact) mass is 314 g/mol. The molecule has 2 N–H and O–H groups in total. The van der Waals surface area contributed by atoms with Gasteiger partial charge in [0.1, 0.15) is 0 Å². The standard InChI is InChI=1S/C14H23BrN2O/c1-11-5-6-12(13(15)9-11)14(10-16)17(2)7-4-8-18-3/h5-6,9,14H,4,7-8,10,16H2,1-3H3. The van der Waals surface area contributed by atoms with Crippen LogP contribution in [0.1, 0.15) is 23.6 Å². The Morgan fingerprint density at radius 2 is 2.17 bits per heavy atom. The van der Waals surface area contributed by atoms with Crippen molar-refractivity contribution in [1.29, 1.82) is 0 Å². The molecular weight excluding hydrogens is 292 g/mol. The molecule has 1 aromatic carbocycles. The van der Waals surface area contributed by atoms with Gasteiger partial charge in [-0.15, -0.1) is 0 Å². The molecule has 0 fully saturated rings. The van der Waals surface area contributed by atoms with Gasteiger partial charge in [0.15, 0.2) is 0 Å². The normalized spacial score (nSPS) is 13.0. The van der Waals surface area contributed by atoms with E-state index >= 15 is 0 Å². The maximum Gasteiger partial charge on any atom is 0.0478 e. The van der Waals surface area contributed by atoms with E-state index < -0.39 is 0 Å². The molecule has 0 aliphatic heterocycles. The molecule has 0 heterocycles. The van der Waals surface area contributed by atoms with Crippen molar-refractivity contribution < 1.29 is 4.74 Å². The third-order valence-electron chi connectivity index (χ3n) is 3.13. The molecule has 0 aromatic heterocycles. The molecule has 0 aliphatic rings. The number of nitrogens with two attached hydrogens (primary N) is 1. The smallest absolute Gasteiger partial charge is 0.0478 e. The number of ether oxygens (including phenoxy) is 1. The van der Waals surface area contributed by atoms with Crippen LogP contribution in [0.2, 0.25) is 0 Å². The van der Waals surface area contributed by atoms with Crippen LogP contribution in [-0.4, -0.2) is 38.8 Å². The molecule has 0 aliphatic carbocycles. The largest absolute Gasteiger partial charge is 0.385 e. The van der Waals surface area contributed by atoms with Crippen molar-refractivity contribution in [3.8, 4) is 0 Å². The van der Waals surface area contributed by atoms with Crippen molar-refractivity contribution in [3.63, 3.8) is 0 Å². The van der Waals surface area contributed by atoms with Crippen LogP contribution >= 0.6 is 15.9 Å². The number of nitrogens with zero attached hydrogens (tertiary/aromatic N) is 1. The van der Waals surface area contributed by atoms with Crippen LogP contribution in [0.5, 0.6) is 0 Å². The van der Waals surface area contributed by atoms with Crippen LogP contribution in [0.3, 0.4) is 0 Å². The zero-order chi connectivity index (χ0) is 13.5. The van der Waals surface area contributed by atoms with E-state index in [1.165, 1.54) is 11.1 Å². The van der Waals surface area contributed by atoms with Crippen molar-refractivity contribution in [1.82, 2.24) is 4.90 Å². The molecule has 102 valence electrons. The van der Waals surface area contributed by atoms with Crippen molar-refractivity contribution in [2.45, 2.75) is 19.4 Å². The average molecular weight is 315 g/mol. The lowest BCUT2D eigenvalue weighted by Gasteiger charge is -2.28. The lowest BCUT2D eigenvalue weighted by Crippen LogP contribution is -2.32. The number of likely N-dealkylation sites (N-methyl/N-ethyl adjacent to an activating group) is 1. The number of rotatable bonds is 7. The molecule has 0 spiro atoms. The number of hydrogen-bond donors (Lipinski definition) is 1. The second kappa shape index (κ2) is 7.89. The van der Waals surface area contributed by atoms with Gasteiger partial charge in [0.25, 0.3) is 0 Å². The fraction of sp³-hybridized carbons (Fsp3) is 0.571. The van der Waals surface area contributed by atoms with Gasteiger partial charge >= 0.3 is 0 Å². The van der Waals surface area contributed by atoms with Gasteiger partial charge in [-0.1, -0.05) is 28.1 Å². The highest BCUT2D eigenvalue weighted by Gasteiger charge is 2.17. The molecule has 1 rings (SSSR count). The van der Waals surface area contributed by atoms with Crippen LogP contribution < -0.4 is 5.73 Å². The van der Waals surface area contributed by atoms with Crippen molar-refractivity contribution in [3.05, 3.63) is 33.8 Å². The van der Waals surface area contributed by atoms with E-state index in [1.807, 2.05) is 0 Å². The van der Waals surface area contributed by atoms with Gasteiger partial charge in [-0.25, -0.2) is 0 Å².